The first-order valence-corrected chi connectivity index (χ1v) is 7.46. The Morgan fingerprint density at radius 1 is 1.40 bits per heavy atom. The summed E-state index contributed by atoms with van der Waals surface area (Å²) in [5, 5.41) is 15.2. The lowest BCUT2D eigenvalue weighted by Gasteiger charge is -2.08. The molecule has 0 amide bonds. The van der Waals surface area contributed by atoms with Gasteiger partial charge in [0, 0.05) is 16.8 Å². The molecule has 6 heteroatoms. The van der Waals surface area contributed by atoms with Crippen LogP contribution < -0.4 is 5.32 Å². The largest absolute Gasteiger partial charge is 0.506 e. The zero-order valence-corrected chi connectivity index (χ0v) is 12.7. The molecule has 4 nitrogen and oxygen atoms in total. The molecule has 0 aliphatic carbocycles. The second-order valence-corrected chi connectivity index (χ2v) is 5.90. The zero-order valence-electron chi connectivity index (χ0n) is 11.1. The monoisotopic (exact) mass is 307 g/mol. The van der Waals surface area contributed by atoms with Crippen LogP contribution in [0.25, 0.3) is 4.96 Å². The van der Waals surface area contributed by atoms with Gasteiger partial charge in [-0.1, -0.05) is 11.6 Å². The van der Waals surface area contributed by atoms with Gasteiger partial charge in [-0.3, -0.25) is 4.40 Å². The molecular weight excluding hydrogens is 294 g/mol. The summed E-state index contributed by atoms with van der Waals surface area (Å²) in [6.45, 7) is 4.75. The second-order valence-electron chi connectivity index (χ2n) is 4.66. The normalized spacial score (nSPS) is 11.2. The van der Waals surface area contributed by atoms with Gasteiger partial charge in [0.05, 0.1) is 23.0 Å². The lowest BCUT2D eigenvalue weighted by Crippen LogP contribution is -2.04. The first-order chi connectivity index (χ1) is 9.56. The minimum Gasteiger partial charge on any atom is -0.506 e. The molecule has 0 fully saturated rings. The summed E-state index contributed by atoms with van der Waals surface area (Å²) in [7, 11) is 0. The number of fused-ring (bicyclic) bond motifs is 1. The molecule has 0 saturated carbocycles. The SMILES string of the molecule is Cc1nc2scc(C)n2c1CNc1ccc(O)c(Cl)c1. The van der Waals surface area contributed by atoms with Crippen molar-refractivity contribution < 1.29 is 5.11 Å². The lowest BCUT2D eigenvalue weighted by atomic mass is 10.2. The van der Waals surface area contributed by atoms with E-state index in [2.05, 4.69) is 27.0 Å². The van der Waals surface area contributed by atoms with Crippen LogP contribution in [0.15, 0.2) is 23.6 Å². The number of halogens is 1. The van der Waals surface area contributed by atoms with E-state index >= 15 is 0 Å². The number of imidazole rings is 1. The van der Waals surface area contributed by atoms with Crippen molar-refractivity contribution in [3.05, 3.63) is 45.7 Å². The van der Waals surface area contributed by atoms with E-state index in [-0.39, 0.29) is 5.75 Å². The number of phenols is 1. The Morgan fingerprint density at radius 2 is 2.20 bits per heavy atom. The number of aromatic nitrogens is 2. The Kier molecular flexibility index (Phi) is 3.31. The van der Waals surface area contributed by atoms with Crippen molar-refractivity contribution in [2.45, 2.75) is 20.4 Å². The third-order valence-electron chi connectivity index (χ3n) is 3.24. The van der Waals surface area contributed by atoms with Crippen LogP contribution in [-0.4, -0.2) is 14.5 Å². The molecule has 0 aliphatic rings. The molecule has 3 aromatic rings. The summed E-state index contributed by atoms with van der Waals surface area (Å²) in [5.74, 6) is 0.0915. The highest BCUT2D eigenvalue weighted by Gasteiger charge is 2.12. The van der Waals surface area contributed by atoms with Crippen LogP contribution in [0, 0.1) is 13.8 Å². The van der Waals surface area contributed by atoms with E-state index in [1.807, 2.05) is 6.92 Å². The van der Waals surface area contributed by atoms with Gasteiger partial charge in [0.25, 0.3) is 0 Å². The van der Waals surface area contributed by atoms with Crippen molar-refractivity contribution in [3.63, 3.8) is 0 Å². The van der Waals surface area contributed by atoms with Crippen LogP contribution in [0.5, 0.6) is 5.75 Å². The number of hydrogen-bond donors (Lipinski definition) is 2. The molecule has 2 heterocycles. The summed E-state index contributed by atoms with van der Waals surface area (Å²) < 4.78 is 2.16. The number of anilines is 1. The number of nitrogens with zero attached hydrogens (tertiary/aromatic N) is 2. The predicted octanol–water partition coefficient (Wildman–Crippen LogP) is 3.98. The van der Waals surface area contributed by atoms with E-state index < -0.39 is 0 Å². The van der Waals surface area contributed by atoms with Crippen molar-refractivity contribution in [1.29, 1.82) is 0 Å². The predicted molar refractivity (Wildman–Crippen MR) is 83.0 cm³/mol. The summed E-state index contributed by atoms with van der Waals surface area (Å²) in [4.78, 5) is 5.57. The third kappa shape index (κ3) is 2.23. The van der Waals surface area contributed by atoms with E-state index in [0.717, 1.165) is 22.0 Å². The van der Waals surface area contributed by atoms with Crippen molar-refractivity contribution in [2.75, 3.05) is 5.32 Å². The maximum absolute atomic E-state index is 9.42. The van der Waals surface area contributed by atoms with Crippen LogP contribution in [0.3, 0.4) is 0 Å². The fourth-order valence-corrected chi connectivity index (χ4v) is 3.29. The van der Waals surface area contributed by atoms with E-state index in [0.29, 0.717) is 11.6 Å². The van der Waals surface area contributed by atoms with Gasteiger partial charge in [-0.15, -0.1) is 11.3 Å². The van der Waals surface area contributed by atoms with Gasteiger partial charge in [-0.05, 0) is 32.0 Å². The highest BCUT2D eigenvalue weighted by molar-refractivity contribution is 7.15. The molecule has 0 spiro atoms. The van der Waals surface area contributed by atoms with Crippen LogP contribution in [-0.2, 0) is 6.54 Å². The van der Waals surface area contributed by atoms with Crippen LogP contribution in [0.2, 0.25) is 5.02 Å². The average molecular weight is 308 g/mol. The van der Waals surface area contributed by atoms with E-state index in [9.17, 15) is 5.11 Å². The molecular formula is C14H14ClN3OS. The van der Waals surface area contributed by atoms with Gasteiger partial charge < -0.3 is 10.4 Å². The van der Waals surface area contributed by atoms with Gasteiger partial charge in [-0.25, -0.2) is 4.98 Å². The molecule has 0 bridgehead atoms. The number of hydrogen-bond acceptors (Lipinski definition) is 4. The van der Waals surface area contributed by atoms with Crippen LogP contribution in [0.4, 0.5) is 5.69 Å². The number of thiazole rings is 1. The summed E-state index contributed by atoms with van der Waals surface area (Å²) in [5.41, 5.74) is 4.22. The molecule has 2 aromatic heterocycles. The number of nitrogens with one attached hydrogen (secondary N) is 1. The fourth-order valence-electron chi connectivity index (χ4n) is 2.18. The summed E-state index contributed by atoms with van der Waals surface area (Å²) in [6.07, 6.45) is 0. The molecule has 104 valence electrons. The van der Waals surface area contributed by atoms with Crippen LogP contribution in [0.1, 0.15) is 17.1 Å². The van der Waals surface area contributed by atoms with E-state index in [1.165, 1.54) is 5.69 Å². The van der Waals surface area contributed by atoms with Crippen molar-refractivity contribution in [1.82, 2.24) is 9.38 Å². The highest BCUT2D eigenvalue weighted by atomic mass is 35.5. The van der Waals surface area contributed by atoms with Gasteiger partial charge >= 0.3 is 0 Å². The molecule has 20 heavy (non-hydrogen) atoms. The Balaban J connectivity index is 1.88. The molecule has 0 radical (unpaired) electrons. The maximum Gasteiger partial charge on any atom is 0.194 e. The number of phenolic OH excluding ortho intramolecular Hbond substituents is 1. The first-order valence-electron chi connectivity index (χ1n) is 6.20. The smallest absolute Gasteiger partial charge is 0.194 e. The topological polar surface area (TPSA) is 49.6 Å². The Labute approximate surface area is 125 Å². The third-order valence-corrected chi connectivity index (χ3v) is 4.48. The first kappa shape index (κ1) is 13.3. The summed E-state index contributed by atoms with van der Waals surface area (Å²) >= 11 is 7.55. The number of rotatable bonds is 3. The second kappa shape index (κ2) is 5.00. The quantitative estimate of drug-likeness (QED) is 0.719. The van der Waals surface area contributed by atoms with Gasteiger partial charge in [-0.2, -0.15) is 0 Å². The number of aryl methyl sites for hydroxylation is 2. The van der Waals surface area contributed by atoms with E-state index in [4.69, 9.17) is 11.6 Å². The van der Waals surface area contributed by atoms with Crippen molar-refractivity contribution in [2.24, 2.45) is 0 Å². The van der Waals surface area contributed by atoms with Gasteiger partial charge in [0.1, 0.15) is 5.75 Å². The maximum atomic E-state index is 9.42. The van der Waals surface area contributed by atoms with Gasteiger partial charge in [0.2, 0.25) is 0 Å². The number of benzene rings is 1. The molecule has 1 aromatic carbocycles. The molecule has 0 saturated heterocycles. The lowest BCUT2D eigenvalue weighted by molar-refractivity contribution is 0.475. The highest BCUT2D eigenvalue weighted by Crippen LogP contribution is 2.27. The molecule has 0 unspecified atom stereocenters. The zero-order chi connectivity index (χ0) is 14.3. The average Bonchev–Trinajstić information content (AvgIpc) is 2.91. The van der Waals surface area contributed by atoms with Gasteiger partial charge in [0.15, 0.2) is 4.96 Å². The minimum atomic E-state index is 0.0915. The van der Waals surface area contributed by atoms with E-state index in [1.54, 1.807) is 29.5 Å². The molecule has 3 rings (SSSR count). The minimum absolute atomic E-state index is 0.0915. The fraction of sp³-hybridized carbons (Fsp3) is 0.214. The van der Waals surface area contributed by atoms with Crippen molar-refractivity contribution in [3.8, 4) is 5.75 Å². The molecule has 0 atom stereocenters. The molecule has 0 aliphatic heterocycles. The van der Waals surface area contributed by atoms with Crippen LogP contribution >= 0.6 is 22.9 Å². The number of aromatic hydroxyl groups is 1. The standard InChI is InChI=1S/C14H14ClN3OS/c1-8-7-20-14-17-9(2)12(18(8)14)6-16-10-3-4-13(19)11(15)5-10/h3-5,7,16,19H,6H2,1-2H3. The Bertz CT molecular complexity index is 778. The summed E-state index contributed by atoms with van der Waals surface area (Å²) in [6, 6.07) is 5.10. The molecule has 2 N–H and O–H groups in total. The van der Waals surface area contributed by atoms with Crippen molar-refractivity contribution >= 4 is 33.6 Å². The Morgan fingerprint density at radius 3 is 2.95 bits per heavy atom. The Hall–Kier alpha value is -1.72.